The number of amidine groups is 1. The van der Waals surface area contributed by atoms with Crippen LogP contribution >= 0.6 is 0 Å². The third kappa shape index (κ3) is 7.08. The Balaban J connectivity index is 1.06. The molecule has 2 atom stereocenters. The van der Waals surface area contributed by atoms with Crippen LogP contribution in [0.2, 0.25) is 0 Å². The van der Waals surface area contributed by atoms with Crippen LogP contribution in [0, 0.1) is 0 Å². The standard InChI is InChI=1S/C63H45N3/c1-6-21-42(22-7-1)56-41-57(47-37-38-54-52-35-17-16-33-50(52)51-34-18-19-36-53(51)55(54)40-47)65-63(64-56)49-32-20-31-48(39-49)58-59(43-23-8-2-9-24-43)61(45-27-12-4-13-28-45)66-62(46-29-14-5-15-30-46)60(58)44-25-10-3-11-26-44/h1-41,57,61,66H,(H,64,65). The Morgan fingerprint density at radius 1 is 0.318 bits per heavy atom. The molecule has 3 nitrogen and oxygen atoms in total. The van der Waals surface area contributed by atoms with Crippen LogP contribution in [-0.2, 0) is 0 Å². The molecule has 2 unspecified atom stereocenters. The van der Waals surface area contributed by atoms with Gasteiger partial charge in [-0.3, -0.25) is 0 Å². The van der Waals surface area contributed by atoms with E-state index in [2.05, 4.69) is 259 Å². The van der Waals surface area contributed by atoms with Crippen LogP contribution in [0.25, 0.3) is 60.4 Å². The zero-order valence-electron chi connectivity index (χ0n) is 36.3. The number of rotatable bonds is 8. The van der Waals surface area contributed by atoms with E-state index < -0.39 is 0 Å². The molecule has 3 heteroatoms. The van der Waals surface area contributed by atoms with E-state index in [9.17, 15) is 0 Å². The summed E-state index contributed by atoms with van der Waals surface area (Å²) in [6.07, 6.45) is 2.28. The minimum Gasteiger partial charge on any atom is -0.373 e. The summed E-state index contributed by atoms with van der Waals surface area (Å²) in [5, 5.41) is 15.7. The van der Waals surface area contributed by atoms with Crippen molar-refractivity contribution in [1.82, 2.24) is 10.6 Å². The lowest BCUT2D eigenvalue weighted by Crippen LogP contribution is -2.31. The normalized spacial score (nSPS) is 16.2. The van der Waals surface area contributed by atoms with E-state index in [1.165, 1.54) is 60.2 Å². The Hall–Kier alpha value is -8.53. The largest absolute Gasteiger partial charge is 0.373 e. The fraction of sp³-hybridized carbons (Fsp3) is 0.0317. The van der Waals surface area contributed by atoms with E-state index in [1.807, 2.05) is 0 Å². The molecule has 2 aliphatic rings. The second-order valence-corrected chi connectivity index (χ2v) is 17.1. The lowest BCUT2D eigenvalue weighted by Gasteiger charge is -2.36. The van der Waals surface area contributed by atoms with Crippen molar-refractivity contribution >= 4 is 66.3 Å². The van der Waals surface area contributed by atoms with E-state index in [-0.39, 0.29) is 12.1 Å². The third-order valence-electron chi connectivity index (χ3n) is 13.2. The van der Waals surface area contributed by atoms with Crippen LogP contribution in [0.3, 0.4) is 0 Å². The molecule has 0 spiro atoms. The summed E-state index contributed by atoms with van der Waals surface area (Å²) in [7, 11) is 0. The van der Waals surface area contributed by atoms with Gasteiger partial charge in [-0.15, -0.1) is 0 Å². The number of allylic oxidation sites excluding steroid dienone is 2. The van der Waals surface area contributed by atoms with E-state index in [0.717, 1.165) is 50.6 Å². The van der Waals surface area contributed by atoms with Crippen molar-refractivity contribution in [3.05, 3.63) is 293 Å². The molecular weight excluding hydrogens is 799 g/mol. The number of hydrogen-bond donors (Lipinski definition) is 2. The number of nitrogens with zero attached hydrogens (tertiary/aromatic N) is 1. The van der Waals surface area contributed by atoms with Gasteiger partial charge < -0.3 is 10.6 Å². The second-order valence-electron chi connectivity index (χ2n) is 17.1. The number of benzene rings is 10. The Morgan fingerprint density at radius 3 is 1.42 bits per heavy atom. The van der Waals surface area contributed by atoms with Crippen molar-refractivity contribution in [2.75, 3.05) is 0 Å². The molecule has 0 aromatic heterocycles. The molecule has 0 saturated carbocycles. The molecule has 312 valence electrons. The zero-order chi connectivity index (χ0) is 43.8. The molecule has 0 radical (unpaired) electrons. The van der Waals surface area contributed by atoms with Gasteiger partial charge in [0.25, 0.3) is 0 Å². The second kappa shape index (κ2) is 16.9. The Morgan fingerprint density at radius 2 is 0.803 bits per heavy atom. The molecule has 10 aromatic carbocycles. The molecule has 0 amide bonds. The lowest BCUT2D eigenvalue weighted by molar-refractivity contribution is 0.782. The topological polar surface area (TPSA) is 36.4 Å². The number of fused-ring (bicyclic) bond motifs is 6. The smallest absolute Gasteiger partial charge is 0.134 e. The zero-order valence-corrected chi connectivity index (χ0v) is 36.3. The van der Waals surface area contributed by atoms with Crippen molar-refractivity contribution in [3.63, 3.8) is 0 Å². The molecule has 2 N–H and O–H groups in total. The van der Waals surface area contributed by atoms with E-state index in [1.54, 1.807) is 0 Å². The predicted octanol–water partition coefficient (Wildman–Crippen LogP) is 15.1. The highest BCUT2D eigenvalue weighted by atomic mass is 15.0. The van der Waals surface area contributed by atoms with Gasteiger partial charge in [0.2, 0.25) is 0 Å². The van der Waals surface area contributed by atoms with Crippen molar-refractivity contribution in [2.24, 2.45) is 4.99 Å². The van der Waals surface area contributed by atoms with Gasteiger partial charge >= 0.3 is 0 Å². The monoisotopic (exact) mass is 843 g/mol. The summed E-state index contributed by atoms with van der Waals surface area (Å²) in [6, 6.07) is 87.2. The molecule has 10 aromatic rings. The first-order valence-electron chi connectivity index (χ1n) is 22.8. The highest BCUT2D eigenvalue weighted by Gasteiger charge is 2.33. The maximum atomic E-state index is 5.44. The van der Waals surface area contributed by atoms with Gasteiger partial charge in [0, 0.05) is 11.1 Å². The van der Waals surface area contributed by atoms with Crippen LogP contribution in [0.1, 0.15) is 56.6 Å². The van der Waals surface area contributed by atoms with Gasteiger partial charge in [0.15, 0.2) is 0 Å². The number of hydrogen-bond acceptors (Lipinski definition) is 3. The summed E-state index contributed by atoms with van der Waals surface area (Å²) in [5.74, 6) is 0.829. The lowest BCUT2D eigenvalue weighted by atomic mass is 9.77. The Kier molecular flexibility index (Phi) is 10.00. The maximum Gasteiger partial charge on any atom is 0.134 e. The third-order valence-corrected chi connectivity index (χ3v) is 13.2. The molecule has 2 heterocycles. The van der Waals surface area contributed by atoms with E-state index in [0.29, 0.717) is 0 Å². The van der Waals surface area contributed by atoms with Gasteiger partial charge in [-0.1, -0.05) is 231 Å². The maximum absolute atomic E-state index is 5.44. The first-order valence-corrected chi connectivity index (χ1v) is 22.8. The molecule has 12 rings (SSSR count). The fourth-order valence-electron chi connectivity index (χ4n) is 10.1. The highest BCUT2D eigenvalue weighted by Crippen LogP contribution is 2.50. The average molecular weight is 844 g/mol. The molecule has 66 heavy (non-hydrogen) atoms. The summed E-state index contributed by atoms with van der Waals surface area (Å²) in [5.41, 5.74) is 14.6. The quantitative estimate of drug-likeness (QED) is 0.150. The van der Waals surface area contributed by atoms with Crippen molar-refractivity contribution in [2.45, 2.75) is 12.1 Å². The van der Waals surface area contributed by atoms with Crippen LogP contribution in [-0.4, -0.2) is 5.84 Å². The van der Waals surface area contributed by atoms with Crippen LogP contribution in [0.4, 0.5) is 0 Å². The van der Waals surface area contributed by atoms with Crippen LogP contribution in [0.5, 0.6) is 0 Å². The molecule has 0 aliphatic carbocycles. The van der Waals surface area contributed by atoms with Crippen LogP contribution < -0.4 is 10.6 Å². The predicted molar refractivity (Wildman–Crippen MR) is 278 cm³/mol. The van der Waals surface area contributed by atoms with Gasteiger partial charge in [-0.2, -0.15) is 0 Å². The van der Waals surface area contributed by atoms with E-state index >= 15 is 0 Å². The van der Waals surface area contributed by atoms with Crippen LogP contribution in [0.15, 0.2) is 254 Å². The Bertz CT molecular complexity index is 3520. The first-order chi connectivity index (χ1) is 32.7. The minimum absolute atomic E-state index is 0.141. The van der Waals surface area contributed by atoms with Crippen molar-refractivity contribution in [3.8, 4) is 0 Å². The molecule has 0 fully saturated rings. The Labute approximate surface area is 385 Å². The van der Waals surface area contributed by atoms with Gasteiger partial charge in [-0.05, 0) is 101 Å². The fourth-order valence-corrected chi connectivity index (χ4v) is 10.1. The van der Waals surface area contributed by atoms with Gasteiger partial charge in [0.1, 0.15) is 5.84 Å². The summed E-state index contributed by atoms with van der Waals surface area (Å²) in [6.45, 7) is 0. The summed E-state index contributed by atoms with van der Waals surface area (Å²) < 4.78 is 0. The van der Waals surface area contributed by atoms with Gasteiger partial charge in [-0.25, -0.2) is 4.99 Å². The average Bonchev–Trinajstić information content (AvgIpc) is 3.41. The van der Waals surface area contributed by atoms with Crippen molar-refractivity contribution in [1.29, 1.82) is 0 Å². The molecule has 0 saturated heterocycles. The molecule has 0 bridgehead atoms. The number of dihydropyridines is 1. The number of aliphatic imine (C=N–C) groups is 1. The van der Waals surface area contributed by atoms with E-state index in [4.69, 9.17) is 4.99 Å². The number of nitrogens with one attached hydrogen (secondary N) is 2. The summed E-state index contributed by atoms with van der Waals surface area (Å²) in [4.78, 5) is 5.44. The highest BCUT2D eigenvalue weighted by molar-refractivity contribution is 6.26. The van der Waals surface area contributed by atoms with Gasteiger partial charge in [0.05, 0.1) is 23.5 Å². The SMILES string of the molecule is C1=C(c2ccccc2)N=C(c2cccc(C3=C(c4ccccc4)C(c4ccccc4)NC(c4ccccc4)=C3c3ccccc3)c2)NC1c1ccc2c3ccccc3c3ccccc3c2c1. The summed E-state index contributed by atoms with van der Waals surface area (Å²) >= 11 is 0. The minimum atomic E-state index is -0.143. The molecular formula is C63H45N3. The first kappa shape index (κ1) is 39.1. The molecule has 2 aliphatic heterocycles. The van der Waals surface area contributed by atoms with Crippen molar-refractivity contribution < 1.29 is 0 Å².